The van der Waals surface area contributed by atoms with Crippen molar-refractivity contribution < 1.29 is 0 Å². The number of rotatable bonds is 1. The Hall–Kier alpha value is -0.580. The zero-order chi connectivity index (χ0) is 8.81. The van der Waals surface area contributed by atoms with E-state index in [1.54, 1.807) is 0 Å². The van der Waals surface area contributed by atoms with E-state index in [1.807, 2.05) is 24.3 Å². The summed E-state index contributed by atoms with van der Waals surface area (Å²) in [5, 5.41) is 0. The summed E-state index contributed by atoms with van der Waals surface area (Å²) >= 11 is 9.63. The van der Waals surface area contributed by atoms with Gasteiger partial charge in [0, 0.05) is 11.4 Å². The van der Waals surface area contributed by atoms with Crippen LogP contribution < -0.4 is 0 Å². The van der Waals surface area contributed by atoms with Crippen LogP contribution in [0.2, 0.25) is 0 Å². The molecule has 1 aromatic rings. The highest BCUT2D eigenvalue weighted by atomic mass is 35.5. The minimum Gasteiger partial charge on any atom is -0.166 e. The van der Waals surface area contributed by atoms with Crippen LogP contribution in [-0.4, -0.2) is 5.75 Å². The van der Waals surface area contributed by atoms with Crippen LogP contribution >= 0.6 is 24.2 Å². The first-order valence-corrected chi connectivity index (χ1v) is 4.78. The molecule has 0 N–H and O–H groups in total. The van der Waals surface area contributed by atoms with E-state index in [-0.39, 0.29) is 0 Å². The van der Waals surface area contributed by atoms with Crippen LogP contribution in [-0.2, 0) is 5.88 Å². The fourth-order valence-electron chi connectivity index (χ4n) is 0.819. The Bertz CT molecular complexity index is 292. The van der Waals surface area contributed by atoms with Gasteiger partial charge in [-0.3, -0.25) is 0 Å². The number of hydrogen-bond donors (Lipinski definition) is 1. The fraction of sp³-hybridized carbons (Fsp3) is 0.200. The topological polar surface area (TPSA) is 0 Å². The Balaban J connectivity index is 2.78. The zero-order valence-electron chi connectivity index (χ0n) is 6.55. The monoisotopic (exact) mass is 196 g/mol. The van der Waals surface area contributed by atoms with E-state index in [1.165, 1.54) is 0 Å². The Labute approximate surface area is 83.3 Å². The largest absolute Gasteiger partial charge is 0.166 e. The minimum atomic E-state index is 0.556. The molecule has 0 spiro atoms. The molecule has 62 valence electrons. The molecular weight excluding hydrogens is 188 g/mol. The van der Waals surface area contributed by atoms with Gasteiger partial charge in [0.25, 0.3) is 0 Å². The molecule has 12 heavy (non-hydrogen) atoms. The van der Waals surface area contributed by atoms with Crippen LogP contribution in [0.4, 0.5) is 0 Å². The van der Waals surface area contributed by atoms with Crippen molar-refractivity contribution in [3.05, 3.63) is 35.4 Å². The predicted molar refractivity (Wildman–Crippen MR) is 56.7 cm³/mol. The molecule has 0 aliphatic heterocycles. The minimum absolute atomic E-state index is 0.556. The first kappa shape index (κ1) is 9.51. The van der Waals surface area contributed by atoms with Crippen molar-refractivity contribution in [1.82, 2.24) is 0 Å². The lowest BCUT2D eigenvalue weighted by atomic mass is 10.2. The van der Waals surface area contributed by atoms with E-state index in [4.69, 9.17) is 11.6 Å². The van der Waals surface area contributed by atoms with Crippen molar-refractivity contribution in [2.24, 2.45) is 0 Å². The van der Waals surface area contributed by atoms with E-state index in [2.05, 4.69) is 24.5 Å². The molecule has 0 atom stereocenters. The lowest BCUT2D eigenvalue weighted by molar-refractivity contribution is 1.40. The first-order chi connectivity index (χ1) is 5.86. The maximum absolute atomic E-state index is 5.64. The molecule has 0 saturated heterocycles. The molecule has 0 bridgehead atoms. The number of hydrogen-bond acceptors (Lipinski definition) is 1. The van der Waals surface area contributed by atoms with Gasteiger partial charge in [-0.1, -0.05) is 24.0 Å². The van der Waals surface area contributed by atoms with Gasteiger partial charge >= 0.3 is 0 Å². The molecule has 0 aromatic heterocycles. The second-order valence-corrected chi connectivity index (χ2v) is 2.87. The Kier molecular flexibility index (Phi) is 4.07. The van der Waals surface area contributed by atoms with Crippen molar-refractivity contribution in [1.29, 1.82) is 0 Å². The Morgan fingerprint density at radius 2 is 1.92 bits per heavy atom. The van der Waals surface area contributed by atoms with Gasteiger partial charge in [0.2, 0.25) is 0 Å². The number of thiol groups is 1. The summed E-state index contributed by atoms with van der Waals surface area (Å²) < 4.78 is 0. The molecule has 0 saturated carbocycles. The average molecular weight is 197 g/mol. The maximum Gasteiger partial charge on any atom is 0.0521 e. The predicted octanol–water partition coefficient (Wildman–Crippen LogP) is 2.71. The van der Waals surface area contributed by atoms with Crippen molar-refractivity contribution >= 4 is 24.2 Å². The number of halogens is 1. The van der Waals surface area contributed by atoms with Gasteiger partial charge in [0.1, 0.15) is 0 Å². The van der Waals surface area contributed by atoms with Gasteiger partial charge < -0.3 is 0 Å². The van der Waals surface area contributed by atoms with Crippen molar-refractivity contribution in [2.45, 2.75) is 5.88 Å². The molecule has 0 unspecified atom stereocenters. The highest BCUT2D eigenvalue weighted by Gasteiger charge is 1.88. The highest BCUT2D eigenvalue weighted by Crippen LogP contribution is 2.05. The van der Waals surface area contributed by atoms with Gasteiger partial charge in [-0.05, 0) is 17.7 Å². The molecule has 0 fully saturated rings. The van der Waals surface area contributed by atoms with E-state index in [0.29, 0.717) is 11.6 Å². The SMILES string of the molecule is SCC#Cc1ccc(CCl)cc1. The molecule has 0 nitrogen and oxygen atoms in total. The van der Waals surface area contributed by atoms with Gasteiger partial charge in [-0.25, -0.2) is 0 Å². The third-order valence-electron chi connectivity index (χ3n) is 1.42. The second kappa shape index (κ2) is 5.13. The van der Waals surface area contributed by atoms with E-state index in [9.17, 15) is 0 Å². The normalized spacial score (nSPS) is 8.83. The van der Waals surface area contributed by atoms with Crippen LogP contribution in [0.25, 0.3) is 0 Å². The summed E-state index contributed by atoms with van der Waals surface area (Å²) in [6.45, 7) is 0. The summed E-state index contributed by atoms with van der Waals surface area (Å²) in [6, 6.07) is 7.90. The third-order valence-corrected chi connectivity index (χ3v) is 1.89. The van der Waals surface area contributed by atoms with Gasteiger partial charge in [-0.2, -0.15) is 12.6 Å². The molecular formula is C10H9ClS. The molecule has 2 heteroatoms. The first-order valence-electron chi connectivity index (χ1n) is 3.61. The molecule has 0 radical (unpaired) electrons. The highest BCUT2D eigenvalue weighted by molar-refractivity contribution is 7.80. The van der Waals surface area contributed by atoms with Crippen molar-refractivity contribution in [2.75, 3.05) is 5.75 Å². The maximum atomic E-state index is 5.64. The zero-order valence-corrected chi connectivity index (χ0v) is 8.20. The van der Waals surface area contributed by atoms with E-state index in [0.717, 1.165) is 11.1 Å². The summed E-state index contributed by atoms with van der Waals surface area (Å²) in [5.74, 6) is 7.01. The quantitative estimate of drug-likeness (QED) is 0.399. The summed E-state index contributed by atoms with van der Waals surface area (Å²) in [7, 11) is 0. The lowest BCUT2D eigenvalue weighted by Gasteiger charge is -1.93. The molecule has 0 aliphatic carbocycles. The molecule has 0 aliphatic rings. The van der Waals surface area contributed by atoms with Gasteiger partial charge in [0.05, 0.1) is 5.75 Å². The molecule has 0 amide bonds. The second-order valence-electron chi connectivity index (χ2n) is 2.29. The molecule has 1 rings (SSSR count). The number of benzene rings is 1. The van der Waals surface area contributed by atoms with Crippen LogP contribution in [0.15, 0.2) is 24.3 Å². The van der Waals surface area contributed by atoms with Crippen molar-refractivity contribution in [3.8, 4) is 11.8 Å². The standard InChI is InChI=1S/C10H9ClS/c11-8-10-5-3-9(4-6-10)2-1-7-12/h3-6,12H,7-8H2. The molecule has 1 aromatic carbocycles. The van der Waals surface area contributed by atoms with Crippen LogP contribution in [0.1, 0.15) is 11.1 Å². The lowest BCUT2D eigenvalue weighted by Crippen LogP contribution is -1.78. The van der Waals surface area contributed by atoms with Gasteiger partial charge in [-0.15, -0.1) is 11.6 Å². The summed E-state index contributed by atoms with van der Waals surface area (Å²) in [4.78, 5) is 0. The summed E-state index contributed by atoms with van der Waals surface area (Å²) in [6.07, 6.45) is 0. The van der Waals surface area contributed by atoms with E-state index >= 15 is 0 Å². The van der Waals surface area contributed by atoms with E-state index < -0.39 is 0 Å². The van der Waals surface area contributed by atoms with Crippen LogP contribution in [0.3, 0.4) is 0 Å². The van der Waals surface area contributed by atoms with Crippen LogP contribution in [0, 0.1) is 11.8 Å². The van der Waals surface area contributed by atoms with Crippen LogP contribution in [0.5, 0.6) is 0 Å². The smallest absolute Gasteiger partial charge is 0.0521 e. The number of alkyl halides is 1. The van der Waals surface area contributed by atoms with Gasteiger partial charge in [0.15, 0.2) is 0 Å². The Morgan fingerprint density at radius 3 is 2.42 bits per heavy atom. The third kappa shape index (κ3) is 2.81. The molecule has 0 heterocycles. The summed E-state index contributed by atoms with van der Waals surface area (Å²) in [5.41, 5.74) is 2.13. The average Bonchev–Trinajstić information content (AvgIpc) is 2.15. The van der Waals surface area contributed by atoms with Crippen molar-refractivity contribution in [3.63, 3.8) is 0 Å². The fourth-order valence-corrected chi connectivity index (χ4v) is 1.08. The Morgan fingerprint density at radius 1 is 1.25 bits per heavy atom.